The van der Waals surface area contributed by atoms with Crippen LogP contribution in [0.15, 0.2) is 121 Å². The van der Waals surface area contributed by atoms with Crippen LogP contribution in [0.1, 0.15) is 210 Å². The van der Waals surface area contributed by atoms with Crippen molar-refractivity contribution in [3.8, 4) is 40.2 Å². The number of carbonyl (C=O) groups excluding carboxylic acids is 1. The highest BCUT2D eigenvalue weighted by Gasteiger charge is 2.43. The van der Waals surface area contributed by atoms with Gasteiger partial charge in [-0.2, -0.15) is 0 Å². The lowest BCUT2D eigenvalue weighted by Gasteiger charge is -2.35. The van der Waals surface area contributed by atoms with Gasteiger partial charge in [-0.05, 0) is 200 Å². The number of phenolic OH excluding ortho intramolecular Hbond substituents is 5. The van der Waals surface area contributed by atoms with E-state index in [4.69, 9.17) is 67.5 Å². The largest absolute Gasteiger partial charge is 0.507 e. The van der Waals surface area contributed by atoms with E-state index in [-0.39, 0.29) is 86.9 Å². The first-order valence-electron chi connectivity index (χ1n) is 39.6. The molecule has 10 aromatic rings. The topological polar surface area (TPSA) is 173 Å². The number of carbonyl (C=O) groups is 1. The lowest BCUT2D eigenvalue weighted by atomic mass is 9.90. The molecule has 0 saturated heterocycles. The third-order valence-corrected chi connectivity index (χ3v) is 24.6. The van der Waals surface area contributed by atoms with Crippen molar-refractivity contribution in [2.24, 2.45) is 0 Å². The van der Waals surface area contributed by atoms with E-state index in [1.165, 1.54) is 27.6 Å². The van der Waals surface area contributed by atoms with Gasteiger partial charge in [0.25, 0.3) is 0 Å². The van der Waals surface area contributed by atoms with Crippen LogP contribution >= 0.6 is 58.0 Å². The minimum absolute atomic E-state index is 0.00190. The summed E-state index contributed by atoms with van der Waals surface area (Å²) in [5, 5.41) is 71.4. The Labute approximate surface area is 694 Å². The van der Waals surface area contributed by atoms with E-state index in [2.05, 4.69) is 148 Å². The van der Waals surface area contributed by atoms with Gasteiger partial charge in [-0.25, -0.2) is 0 Å². The Bertz CT molecular complexity index is 5190. The van der Waals surface area contributed by atoms with Crippen LogP contribution in [0.3, 0.4) is 0 Å². The van der Waals surface area contributed by atoms with Crippen molar-refractivity contribution in [3.05, 3.63) is 166 Å². The molecule has 5 aliphatic heterocycles. The molecule has 6 N–H and O–H groups in total. The fourth-order valence-electron chi connectivity index (χ4n) is 17.6. The third kappa shape index (κ3) is 16.7. The maximum atomic E-state index is 11.5. The van der Waals surface area contributed by atoms with Gasteiger partial charge in [-0.1, -0.05) is 78.9 Å². The first-order chi connectivity index (χ1) is 53.1. The van der Waals surface area contributed by atoms with Crippen LogP contribution in [0.2, 0.25) is 0 Å². The monoisotopic (exact) mass is 1630 g/mol. The van der Waals surface area contributed by atoms with Gasteiger partial charge >= 0.3 is 0 Å². The number of aromatic hydroxyl groups is 5. The molecule has 14 nitrogen and oxygen atoms in total. The average Bonchev–Trinajstić information content (AvgIpc) is 1.64. The van der Waals surface area contributed by atoms with E-state index in [0.29, 0.717) is 58.3 Å². The first kappa shape index (κ1) is 86.0. The molecule has 113 heavy (non-hydrogen) atoms. The summed E-state index contributed by atoms with van der Waals surface area (Å²) in [5.41, 5.74) is 13.7. The molecule has 0 unspecified atom stereocenters. The highest BCUT2D eigenvalue weighted by molar-refractivity contribution is 6.22. The smallest absolute Gasteiger partial charge is 0.150 e. The molecule has 606 valence electrons. The molecule has 5 aliphatic rings. The van der Waals surface area contributed by atoms with Gasteiger partial charge < -0.3 is 64.6 Å². The van der Waals surface area contributed by atoms with Gasteiger partial charge in [-0.15, -0.1) is 58.0 Å². The number of alkyl halides is 5. The Hall–Kier alpha value is -7.82. The molecule has 0 radical (unpaired) electrons. The molecule has 0 aromatic heterocycles. The van der Waals surface area contributed by atoms with Gasteiger partial charge in [0.1, 0.15) is 40.2 Å². The van der Waals surface area contributed by atoms with Crippen LogP contribution in [-0.2, 0) is 6.61 Å². The minimum Gasteiger partial charge on any atom is -0.507 e. The van der Waals surface area contributed by atoms with Crippen LogP contribution in [0.25, 0.3) is 53.9 Å². The lowest BCUT2D eigenvalue weighted by Crippen LogP contribution is -2.41. The second-order valence-electron chi connectivity index (χ2n) is 36.1. The summed E-state index contributed by atoms with van der Waals surface area (Å²) in [5.74, 6) is 6.27. The number of anilines is 5. The number of aldehydes is 1. The molecule has 6 atom stereocenters. The van der Waals surface area contributed by atoms with E-state index in [1.54, 1.807) is 12.1 Å². The number of rotatable bonds is 11. The maximum absolute atomic E-state index is 11.5. The minimum atomic E-state index is -0.0776. The number of aliphatic hydroxyl groups excluding tert-OH is 1. The Morgan fingerprint density at radius 3 is 1.09 bits per heavy atom. The van der Waals surface area contributed by atoms with Crippen molar-refractivity contribution in [2.75, 3.05) is 87.4 Å². The van der Waals surface area contributed by atoms with Crippen LogP contribution in [0, 0.1) is 6.92 Å². The Morgan fingerprint density at radius 1 is 0.425 bits per heavy atom. The molecule has 0 spiro atoms. The molecule has 0 amide bonds. The highest BCUT2D eigenvalue weighted by Crippen LogP contribution is 2.56. The molecule has 0 aliphatic carbocycles. The third-order valence-electron chi connectivity index (χ3n) is 22.8. The number of hydrogen-bond donors (Lipinski definition) is 6. The second-order valence-corrected chi connectivity index (χ2v) is 38.0. The zero-order valence-corrected chi connectivity index (χ0v) is 73.3. The number of aliphatic hydroxyl groups is 1. The number of aryl methyl sites for hydroxylation is 1. The lowest BCUT2D eigenvalue weighted by molar-refractivity contribution is 0.112. The zero-order valence-electron chi connectivity index (χ0n) is 69.5. The van der Waals surface area contributed by atoms with Crippen LogP contribution in [0.4, 0.5) is 28.4 Å². The van der Waals surface area contributed by atoms with E-state index in [1.807, 2.05) is 124 Å². The fourth-order valence-corrected chi connectivity index (χ4v) is 18.9. The second kappa shape index (κ2) is 33.4. The number of ether oxygens (including phenoxy) is 2. The normalized spacial score (nSPS) is 18.1. The summed E-state index contributed by atoms with van der Waals surface area (Å²) in [6.45, 7) is 47.6. The van der Waals surface area contributed by atoms with Crippen molar-refractivity contribution in [3.63, 3.8) is 0 Å². The molecular weight excluding hydrogens is 1520 g/mol. The summed E-state index contributed by atoms with van der Waals surface area (Å²) >= 11 is 31.6. The van der Waals surface area contributed by atoms with E-state index >= 15 is 0 Å². The van der Waals surface area contributed by atoms with Crippen LogP contribution in [0.5, 0.6) is 40.2 Å². The van der Waals surface area contributed by atoms with Gasteiger partial charge in [0.05, 0.1) is 19.3 Å². The Kier molecular flexibility index (Phi) is 25.4. The van der Waals surface area contributed by atoms with Crippen LogP contribution in [-0.4, -0.2) is 139 Å². The van der Waals surface area contributed by atoms with E-state index < -0.39 is 0 Å². The first-order valence-corrected chi connectivity index (χ1v) is 42.2. The zero-order chi connectivity index (χ0) is 82.8. The number of phenols is 5. The van der Waals surface area contributed by atoms with Gasteiger partial charge in [0.15, 0.2) is 6.29 Å². The summed E-state index contributed by atoms with van der Waals surface area (Å²) in [4.78, 5) is 23.1. The fraction of sp³-hybridized carbons (Fsp3) is 0.457. The number of halogens is 5. The van der Waals surface area contributed by atoms with Crippen molar-refractivity contribution in [1.82, 2.24) is 0 Å². The molecule has 15 rings (SSSR count). The molecule has 10 aromatic carbocycles. The molecule has 19 heteroatoms. The summed E-state index contributed by atoms with van der Waals surface area (Å²) < 4.78 is 11.9. The maximum Gasteiger partial charge on any atom is 0.150 e. The molecule has 0 fully saturated rings. The van der Waals surface area contributed by atoms with Crippen molar-refractivity contribution in [2.45, 2.75) is 214 Å². The SMILES string of the molecule is CC(C)(C)N1C[C@@H](CCl)c2c1cc(O)c1cccc(C=O)c21.CC(C)(C)N1C[C@@H](CCl)c2c1cc(O)c1cccc(CO)c21.CC(C)Oc1cccc2c(O)cc3c(c12)[C@H](CCl)CN3C(C)(C)C.CCOc1cccc2c(O)cc3c(c12)[C@H](CCl)CN3C(C)(C)C.Cc1cccc2c(O)cc3c(c12)[C@H]([C@@H](C)Cl)CN3C(C)(C)C. The summed E-state index contributed by atoms with van der Waals surface area (Å²) in [7, 11) is 0. The van der Waals surface area contributed by atoms with Gasteiger partial charge in [0, 0.05) is 226 Å². The van der Waals surface area contributed by atoms with Crippen molar-refractivity contribution >= 4 is 147 Å². The van der Waals surface area contributed by atoms with Gasteiger partial charge in [0.2, 0.25) is 0 Å². The number of hydrogen-bond acceptors (Lipinski definition) is 14. The molecule has 0 bridgehead atoms. The van der Waals surface area contributed by atoms with Crippen molar-refractivity contribution < 1.29 is 44.9 Å². The molecule has 0 saturated carbocycles. The predicted molar refractivity (Wildman–Crippen MR) is 478 cm³/mol. The summed E-state index contributed by atoms with van der Waals surface area (Å²) in [6, 6.07) is 38.2. The van der Waals surface area contributed by atoms with E-state index in [9.17, 15) is 35.4 Å². The standard InChI is InChI=1S/C20H26ClNO2.C19H24ClNO2.C19H24ClNO.C18H22ClNO2.C18H20ClNO2/c1-12(2)24-17-8-6-7-14-16(23)9-15-18(19(14)17)13(10-21)11-22(15)20(3,4)5;1-5-23-16-8-6-7-13-15(22)9-14-17(18(13)16)12(10-20)11-21(14)19(2,3)4;1-11-7-6-8-13-16(22)9-15-18(17(11)13)14(12(2)20)10-21(15)19(3,4)5;2*1-18(2,3)20-9-12(8-19)17-14(20)7-15(22)13-6-4-5-11(10-21)16(13)17/h6-9,12-13,23H,10-11H2,1-5H3;6-9,12,22H,5,10-11H2,1-4H3;6-9,12,14,22H,10H2,1-5H3;4-7,12,21-22H,8-10H2,1-3H3;4-7,10,12,22H,8-9H2,1-3H3/t13-;12-;12-,14+;2*12-/m11111/s1. The Balaban J connectivity index is 0.000000140. The van der Waals surface area contributed by atoms with Gasteiger partial charge in [-0.3, -0.25) is 4.79 Å². The quantitative estimate of drug-likeness (QED) is 0.0533. The number of fused-ring (bicyclic) bond motifs is 15. The Morgan fingerprint density at radius 2 is 0.735 bits per heavy atom. The number of benzene rings is 10. The van der Waals surface area contributed by atoms with E-state index in [0.717, 1.165) is 139 Å². The summed E-state index contributed by atoms with van der Waals surface area (Å²) in [6.07, 6.45) is 0.927. The molecular formula is C94H116Cl5N5O9. The number of nitrogens with zero attached hydrogens (tertiary/aromatic N) is 5. The average molecular weight is 1640 g/mol. The molecule has 5 heterocycles. The predicted octanol–water partition coefficient (Wildman–Crippen LogP) is 23.6. The van der Waals surface area contributed by atoms with Crippen LogP contribution < -0.4 is 34.0 Å². The van der Waals surface area contributed by atoms with Crippen molar-refractivity contribution in [1.29, 1.82) is 0 Å². The highest BCUT2D eigenvalue weighted by atomic mass is 35.5.